The average molecular weight is 566 g/mol. The van der Waals surface area contributed by atoms with E-state index in [9.17, 15) is 0 Å². The van der Waals surface area contributed by atoms with E-state index in [4.69, 9.17) is 22.8 Å². The third-order valence-corrected chi connectivity index (χ3v) is 7.47. The van der Waals surface area contributed by atoms with Gasteiger partial charge in [-0.15, -0.1) is 0 Å². The summed E-state index contributed by atoms with van der Waals surface area (Å²) >= 11 is 3.51. The summed E-state index contributed by atoms with van der Waals surface area (Å²) < 4.78 is 1.02. The maximum absolute atomic E-state index is 5.90. The smallest absolute Gasteiger partial charge is 0.164 e. The van der Waals surface area contributed by atoms with Gasteiger partial charge in [-0.2, -0.15) is 0 Å². The van der Waals surface area contributed by atoms with Crippen LogP contribution in [-0.4, -0.2) is 22.8 Å². The van der Waals surface area contributed by atoms with E-state index in [1.165, 1.54) is 69.8 Å². The lowest BCUT2D eigenvalue weighted by molar-refractivity contribution is 0.556. The van der Waals surface area contributed by atoms with Gasteiger partial charge in [-0.25, -0.2) is 15.0 Å². The Morgan fingerprint density at radius 2 is 0.921 bits per heavy atom. The lowest BCUT2D eigenvalue weighted by atomic mass is 9.95. The van der Waals surface area contributed by atoms with Gasteiger partial charge in [-0.1, -0.05) is 147 Å². The second kappa shape index (κ2) is 15.0. The Morgan fingerprint density at radius 1 is 0.526 bits per heavy atom. The molecule has 2 radical (unpaired) electrons. The molecular weight excluding hydrogens is 529 g/mol. The summed E-state index contributed by atoms with van der Waals surface area (Å²) in [5, 5.41) is 0. The SMILES string of the molecule is [B]c1ccc(-c2nc(-c3ccc(Br)cc3)nc(-c3ccc(CCCCCCCCCCCC)cc3)n2)cc1. The Morgan fingerprint density at radius 3 is 1.39 bits per heavy atom. The molecule has 0 fully saturated rings. The largest absolute Gasteiger partial charge is 0.208 e. The Kier molecular flexibility index (Phi) is 11.1. The van der Waals surface area contributed by atoms with Crippen LogP contribution in [0.15, 0.2) is 77.3 Å². The van der Waals surface area contributed by atoms with Crippen molar-refractivity contribution in [1.82, 2.24) is 15.0 Å². The van der Waals surface area contributed by atoms with Crippen LogP contribution in [0.4, 0.5) is 0 Å². The average Bonchev–Trinajstić information content (AvgIpc) is 2.95. The molecule has 3 nitrogen and oxygen atoms in total. The van der Waals surface area contributed by atoms with Gasteiger partial charge in [0.1, 0.15) is 7.85 Å². The Bertz CT molecular complexity index is 1190. The molecule has 0 aliphatic carbocycles. The summed E-state index contributed by atoms with van der Waals surface area (Å²) in [4.78, 5) is 14.5. The Balaban J connectivity index is 1.40. The van der Waals surface area contributed by atoms with E-state index in [1.54, 1.807) is 0 Å². The molecule has 0 spiro atoms. The van der Waals surface area contributed by atoms with Crippen molar-refractivity contribution in [3.05, 3.63) is 82.8 Å². The van der Waals surface area contributed by atoms with Crippen LogP contribution in [0.2, 0.25) is 0 Å². The minimum Gasteiger partial charge on any atom is -0.208 e. The maximum Gasteiger partial charge on any atom is 0.164 e. The van der Waals surface area contributed by atoms with Crippen LogP contribution in [0.3, 0.4) is 0 Å². The first-order valence-electron chi connectivity index (χ1n) is 14.1. The fourth-order valence-corrected chi connectivity index (χ4v) is 4.90. The molecule has 38 heavy (non-hydrogen) atoms. The fourth-order valence-electron chi connectivity index (χ4n) is 4.63. The van der Waals surface area contributed by atoms with Crippen molar-refractivity contribution in [3.8, 4) is 34.2 Å². The second-order valence-electron chi connectivity index (χ2n) is 10.1. The number of nitrogens with zero attached hydrogens (tertiary/aromatic N) is 3. The van der Waals surface area contributed by atoms with Crippen molar-refractivity contribution in [2.24, 2.45) is 0 Å². The summed E-state index contributed by atoms with van der Waals surface area (Å²) in [6, 6.07) is 24.4. The van der Waals surface area contributed by atoms with Crippen molar-refractivity contribution in [2.75, 3.05) is 0 Å². The predicted octanol–water partition coefficient (Wildman–Crippen LogP) is 8.89. The van der Waals surface area contributed by atoms with Crippen LogP contribution < -0.4 is 5.46 Å². The lowest BCUT2D eigenvalue weighted by Crippen LogP contribution is -2.03. The van der Waals surface area contributed by atoms with E-state index in [2.05, 4.69) is 47.1 Å². The highest BCUT2D eigenvalue weighted by atomic mass is 79.9. The highest BCUT2D eigenvalue weighted by molar-refractivity contribution is 9.10. The van der Waals surface area contributed by atoms with E-state index in [0.717, 1.165) is 27.6 Å². The number of halogens is 1. The number of aromatic nitrogens is 3. The summed E-state index contributed by atoms with van der Waals surface area (Å²) in [7, 11) is 5.90. The van der Waals surface area contributed by atoms with E-state index in [1.807, 2.05) is 48.5 Å². The zero-order valence-corrected chi connectivity index (χ0v) is 24.1. The Hall–Kier alpha value is -2.79. The monoisotopic (exact) mass is 565 g/mol. The number of rotatable bonds is 14. The number of hydrogen-bond donors (Lipinski definition) is 0. The lowest BCUT2D eigenvalue weighted by Gasteiger charge is -2.09. The number of unbranched alkanes of at least 4 members (excludes halogenated alkanes) is 9. The van der Waals surface area contributed by atoms with E-state index < -0.39 is 0 Å². The second-order valence-corrected chi connectivity index (χ2v) is 11.0. The molecule has 1 heterocycles. The topological polar surface area (TPSA) is 38.7 Å². The molecule has 0 N–H and O–H groups in total. The first-order valence-corrected chi connectivity index (χ1v) is 14.9. The summed E-state index contributed by atoms with van der Waals surface area (Å²) in [6.07, 6.45) is 14.7. The van der Waals surface area contributed by atoms with Gasteiger partial charge in [0.05, 0.1) is 0 Å². The van der Waals surface area contributed by atoms with Gasteiger partial charge in [-0.3, -0.25) is 0 Å². The maximum atomic E-state index is 5.90. The zero-order chi connectivity index (χ0) is 26.6. The molecule has 4 rings (SSSR count). The highest BCUT2D eigenvalue weighted by Crippen LogP contribution is 2.26. The van der Waals surface area contributed by atoms with Gasteiger partial charge in [0.2, 0.25) is 0 Å². The highest BCUT2D eigenvalue weighted by Gasteiger charge is 2.12. The van der Waals surface area contributed by atoms with Gasteiger partial charge in [0.25, 0.3) is 0 Å². The molecule has 1 aromatic heterocycles. The molecule has 0 bridgehead atoms. The van der Waals surface area contributed by atoms with E-state index in [0.29, 0.717) is 22.9 Å². The quantitative estimate of drug-likeness (QED) is 0.113. The third kappa shape index (κ3) is 8.63. The molecule has 0 amide bonds. The van der Waals surface area contributed by atoms with Crippen molar-refractivity contribution in [3.63, 3.8) is 0 Å². The summed E-state index contributed by atoms with van der Waals surface area (Å²) in [6.45, 7) is 2.28. The Labute approximate surface area is 238 Å². The standard InChI is InChI=1S/C33H37BBrN3/c1-2-3-4-5-6-7-8-9-10-11-12-25-13-15-26(16-14-25)31-36-32(27-17-21-29(34)22-18-27)38-33(37-31)28-19-23-30(35)24-20-28/h13-24H,2-12H2,1H3. The summed E-state index contributed by atoms with van der Waals surface area (Å²) in [5.41, 5.74) is 4.95. The molecular formula is C33H37BBrN3. The normalized spacial score (nSPS) is 11.1. The van der Waals surface area contributed by atoms with Crippen LogP contribution in [0.25, 0.3) is 34.2 Å². The van der Waals surface area contributed by atoms with E-state index >= 15 is 0 Å². The third-order valence-electron chi connectivity index (χ3n) is 6.94. The van der Waals surface area contributed by atoms with Crippen LogP contribution in [0, 0.1) is 0 Å². The first kappa shape index (κ1) is 28.2. The molecule has 0 atom stereocenters. The van der Waals surface area contributed by atoms with Gasteiger partial charge < -0.3 is 0 Å². The molecule has 0 aliphatic rings. The van der Waals surface area contributed by atoms with Crippen LogP contribution in [0.5, 0.6) is 0 Å². The molecule has 0 saturated carbocycles. The number of aryl methyl sites for hydroxylation is 1. The van der Waals surface area contributed by atoms with Gasteiger partial charge in [-0.05, 0) is 30.5 Å². The van der Waals surface area contributed by atoms with Crippen LogP contribution >= 0.6 is 15.9 Å². The van der Waals surface area contributed by atoms with Crippen molar-refractivity contribution < 1.29 is 0 Å². The van der Waals surface area contributed by atoms with Crippen LogP contribution in [0.1, 0.15) is 76.7 Å². The molecule has 4 aromatic rings. The molecule has 5 heteroatoms. The molecule has 3 aromatic carbocycles. The van der Waals surface area contributed by atoms with Gasteiger partial charge >= 0.3 is 0 Å². The van der Waals surface area contributed by atoms with Crippen molar-refractivity contribution in [1.29, 1.82) is 0 Å². The predicted molar refractivity (Wildman–Crippen MR) is 165 cm³/mol. The minimum atomic E-state index is 0.641. The van der Waals surface area contributed by atoms with E-state index in [-0.39, 0.29) is 0 Å². The van der Waals surface area contributed by atoms with Crippen molar-refractivity contribution >= 4 is 29.2 Å². The fraction of sp³-hybridized carbons (Fsp3) is 0.364. The first-order chi connectivity index (χ1) is 18.6. The molecule has 0 saturated heterocycles. The molecule has 0 aliphatic heterocycles. The van der Waals surface area contributed by atoms with Crippen molar-refractivity contribution in [2.45, 2.75) is 77.6 Å². The minimum absolute atomic E-state index is 0.641. The zero-order valence-electron chi connectivity index (χ0n) is 22.5. The molecule has 194 valence electrons. The van der Waals surface area contributed by atoms with Crippen LogP contribution in [-0.2, 0) is 6.42 Å². The molecule has 0 unspecified atom stereocenters. The summed E-state index contributed by atoms with van der Waals surface area (Å²) in [5.74, 6) is 1.97. The number of hydrogen-bond acceptors (Lipinski definition) is 3. The van der Waals surface area contributed by atoms with Gasteiger partial charge in [0.15, 0.2) is 17.5 Å². The van der Waals surface area contributed by atoms with Gasteiger partial charge in [0, 0.05) is 21.2 Å². The number of benzene rings is 3.